The number of nitro benzene ring substituents is 1. The van der Waals surface area contributed by atoms with Crippen molar-refractivity contribution in [3.05, 3.63) is 57.1 Å². The number of non-ortho nitro benzene ring substituents is 1. The van der Waals surface area contributed by atoms with E-state index >= 15 is 0 Å². The van der Waals surface area contributed by atoms with Crippen molar-refractivity contribution in [3.8, 4) is 5.75 Å². The fourth-order valence-electron chi connectivity index (χ4n) is 2.05. The monoisotopic (exact) mass is 399 g/mol. The van der Waals surface area contributed by atoms with Crippen LogP contribution in [0.5, 0.6) is 5.75 Å². The third-order valence-electron chi connectivity index (χ3n) is 3.26. The summed E-state index contributed by atoms with van der Waals surface area (Å²) in [5.41, 5.74) is 0.462. The number of benzene rings is 2. The number of halogens is 1. The summed E-state index contributed by atoms with van der Waals surface area (Å²) in [5, 5.41) is 18.2. The molecule has 26 heavy (non-hydrogen) atoms. The van der Waals surface area contributed by atoms with E-state index < -0.39 is 27.5 Å². The molecule has 0 spiro atoms. The van der Waals surface area contributed by atoms with E-state index in [0.29, 0.717) is 5.56 Å². The summed E-state index contributed by atoms with van der Waals surface area (Å²) >= 11 is 5.86. The Morgan fingerprint density at radius 3 is 2.58 bits per heavy atom. The van der Waals surface area contributed by atoms with E-state index in [2.05, 4.69) is 5.32 Å². The van der Waals surface area contributed by atoms with E-state index in [1.807, 2.05) is 0 Å². The van der Waals surface area contributed by atoms with Crippen molar-refractivity contribution in [2.45, 2.75) is 11.8 Å². The Bertz CT molecular complexity index is 977. The minimum absolute atomic E-state index is 0.0150. The van der Waals surface area contributed by atoms with Crippen LogP contribution in [0.4, 0.5) is 11.4 Å². The first-order valence-electron chi connectivity index (χ1n) is 7.08. The van der Waals surface area contributed by atoms with Crippen molar-refractivity contribution in [1.29, 1.82) is 0 Å². The molecule has 0 aromatic heterocycles. The van der Waals surface area contributed by atoms with Gasteiger partial charge in [-0.2, -0.15) is 0 Å². The molecule has 1 amide bonds. The molecule has 0 aliphatic carbocycles. The fourth-order valence-corrected chi connectivity index (χ4v) is 3.08. The molecule has 0 aliphatic rings. The Labute approximate surface area is 153 Å². The zero-order valence-corrected chi connectivity index (χ0v) is 15.0. The van der Waals surface area contributed by atoms with Gasteiger partial charge in [0.05, 0.1) is 14.8 Å². The molecule has 0 saturated heterocycles. The van der Waals surface area contributed by atoms with Crippen LogP contribution in [0.1, 0.15) is 5.56 Å². The van der Waals surface area contributed by atoms with Crippen molar-refractivity contribution in [3.63, 3.8) is 0 Å². The second-order valence-corrected chi connectivity index (χ2v) is 7.17. The number of primary sulfonamides is 1. The number of rotatable bonds is 6. The van der Waals surface area contributed by atoms with E-state index in [4.69, 9.17) is 21.5 Å². The first-order valence-corrected chi connectivity index (χ1v) is 9.00. The number of nitrogens with two attached hydrogens (primary N) is 1. The second kappa shape index (κ2) is 7.68. The summed E-state index contributed by atoms with van der Waals surface area (Å²) in [6, 6.07) is 7.83. The molecule has 0 heterocycles. The van der Waals surface area contributed by atoms with Gasteiger partial charge < -0.3 is 10.1 Å². The maximum atomic E-state index is 12.0. The van der Waals surface area contributed by atoms with E-state index in [1.54, 1.807) is 6.92 Å². The van der Waals surface area contributed by atoms with Crippen LogP contribution in [0.3, 0.4) is 0 Å². The lowest BCUT2D eigenvalue weighted by atomic mass is 10.2. The number of nitrogens with zero attached hydrogens (tertiary/aromatic N) is 1. The van der Waals surface area contributed by atoms with Gasteiger partial charge in [0.15, 0.2) is 6.61 Å². The zero-order chi connectivity index (χ0) is 19.5. The highest BCUT2D eigenvalue weighted by Gasteiger charge is 2.14. The number of hydrogen-bond acceptors (Lipinski definition) is 6. The van der Waals surface area contributed by atoms with Gasteiger partial charge in [-0.25, -0.2) is 13.6 Å². The molecule has 138 valence electrons. The minimum Gasteiger partial charge on any atom is -0.482 e. The predicted octanol–water partition coefficient (Wildman–Crippen LogP) is 2.22. The van der Waals surface area contributed by atoms with Gasteiger partial charge in [-0.15, -0.1) is 0 Å². The molecule has 2 rings (SSSR count). The molecule has 2 aromatic carbocycles. The highest BCUT2D eigenvalue weighted by atomic mass is 35.5. The van der Waals surface area contributed by atoms with Gasteiger partial charge in [-0.1, -0.05) is 17.7 Å². The average molecular weight is 400 g/mol. The summed E-state index contributed by atoms with van der Waals surface area (Å²) in [6.07, 6.45) is 0. The van der Waals surface area contributed by atoms with Crippen molar-refractivity contribution in [2.24, 2.45) is 5.14 Å². The third kappa shape index (κ3) is 4.91. The molecule has 3 N–H and O–H groups in total. The molecule has 0 saturated carbocycles. The highest BCUT2D eigenvalue weighted by Crippen LogP contribution is 2.28. The maximum Gasteiger partial charge on any atom is 0.271 e. The standard InChI is InChI=1S/C15H14ClN3O6S/c1-9-2-3-10(6-14(9)26(17,23)24)18-15(20)8-25-13-5-4-11(19(21)22)7-12(13)16/h2-7H,8H2,1H3,(H,18,20)(H2,17,23,24). The van der Waals surface area contributed by atoms with Gasteiger partial charge in [0.2, 0.25) is 10.0 Å². The Balaban J connectivity index is 2.05. The summed E-state index contributed by atoms with van der Waals surface area (Å²) in [6.45, 7) is 1.14. The molecule has 11 heteroatoms. The number of carbonyl (C=O) groups is 1. The lowest BCUT2D eigenvalue weighted by Gasteiger charge is -2.10. The van der Waals surface area contributed by atoms with E-state index in [-0.39, 0.29) is 27.0 Å². The van der Waals surface area contributed by atoms with Gasteiger partial charge in [-0.05, 0) is 30.7 Å². The molecule has 2 aromatic rings. The van der Waals surface area contributed by atoms with Crippen LogP contribution >= 0.6 is 11.6 Å². The largest absolute Gasteiger partial charge is 0.482 e. The first kappa shape index (κ1) is 19.6. The number of carbonyl (C=O) groups excluding carboxylic acids is 1. The average Bonchev–Trinajstić information content (AvgIpc) is 2.54. The fraction of sp³-hybridized carbons (Fsp3) is 0.133. The van der Waals surface area contributed by atoms with Gasteiger partial charge in [-0.3, -0.25) is 14.9 Å². The normalized spacial score (nSPS) is 11.0. The van der Waals surface area contributed by atoms with Crippen LogP contribution in [0.15, 0.2) is 41.3 Å². The number of nitro groups is 1. The lowest BCUT2D eigenvalue weighted by molar-refractivity contribution is -0.384. The summed E-state index contributed by atoms with van der Waals surface area (Å²) in [5.74, 6) is -0.481. The van der Waals surface area contributed by atoms with Gasteiger partial charge in [0.1, 0.15) is 5.75 Å². The van der Waals surface area contributed by atoms with Gasteiger partial charge >= 0.3 is 0 Å². The highest BCUT2D eigenvalue weighted by molar-refractivity contribution is 7.89. The molecular formula is C15H14ClN3O6S. The van der Waals surface area contributed by atoms with E-state index in [1.165, 1.54) is 30.3 Å². The quantitative estimate of drug-likeness (QED) is 0.563. The number of anilines is 1. The van der Waals surface area contributed by atoms with Crippen molar-refractivity contribution in [1.82, 2.24) is 0 Å². The third-order valence-corrected chi connectivity index (χ3v) is 4.61. The smallest absolute Gasteiger partial charge is 0.271 e. The van der Waals surface area contributed by atoms with Crippen LogP contribution < -0.4 is 15.2 Å². The Morgan fingerprint density at radius 2 is 2.00 bits per heavy atom. The lowest BCUT2D eigenvalue weighted by Crippen LogP contribution is -2.21. The van der Waals surface area contributed by atoms with Crippen molar-refractivity contribution in [2.75, 3.05) is 11.9 Å². The van der Waals surface area contributed by atoms with Crippen LogP contribution in [0, 0.1) is 17.0 Å². The van der Waals surface area contributed by atoms with Gasteiger partial charge in [0, 0.05) is 17.8 Å². The number of ether oxygens (including phenoxy) is 1. The Morgan fingerprint density at radius 1 is 1.31 bits per heavy atom. The van der Waals surface area contributed by atoms with Gasteiger partial charge in [0.25, 0.3) is 11.6 Å². The van der Waals surface area contributed by atoms with E-state index in [9.17, 15) is 23.3 Å². The van der Waals surface area contributed by atoms with Crippen LogP contribution in [0.25, 0.3) is 0 Å². The topological polar surface area (TPSA) is 142 Å². The van der Waals surface area contributed by atoms with Crippen molar-refractivity contribution >= 4 is 38.9 Å². The van der Waals surface area contributed by atoms with Crippen molar-refractivity contribution < 1.29 is 22.9 Å². The zero-order valence-electron chi connectivity index (χ0n) is 13.4. The van der Waals surface area contributed by atoms with Crippen LogP contribution in [0.2, 0.25) is 5.02 Å². The molecule has 0 fully saturated rings. The number of aryl methyl sites for hydroxylation is 1. The summed E-state index contributed by atoms with van der Waals surface area (Å²) in [7, 11) is -3.92. The Hall–Kier alpha value is -2.69. The number of sulfonamides is 1. The molecular weight excluding hydrogens is 386 g/mol. The molecule has 0 bridgehead atoms. The number of amides is 1. The molecule has 0 aliphatic heterocycles. The first-order chi connectivity index (χ1) is 12.1. The second-order valence-electron chi connectivity index (χ2n) is 5.23. The summed E-state index contributed by atoms with van der Waals surface area (Å²) < 4.78 is 28.2. The minimum atomic E-state index is -3.92. The van der Waals surface area contributed by atoms with Crippen LogP contribution in [-0.2, 0) is 14.8 Å². The number of hydrogen-bond donors (Lipinski definition) is 2. The molecule has 0 unspecified atom stereocenters. The molecule has 0 radical (unpaired) electrons. The predicted molar refractivity (Wildman–Crippen MR) is 94.8 cm³/mol. The SMILES string of the molecule is Cc1ccc(NC(=O)COc2ccc([N+](=O)[O-])cc2Cl)cc1S(N)(=O)=O. The molecule has 9 nitrogen and oxygen atoms in total. The maximum absolute atomic E-state index is 12.0. The Kier molecular flexibility index (Phi) is 5.80. The van der Waals surface area contributed by atoms with Crippen LogP contribution in [-0.4, -0.2) is 25.9 Å². The number of nitrogens with one attached hydrogen (secondary N) is 1. The summed E-state index contributed by atoms with van der Waals surface area (Å²) in [4.78, 5) is 21.9. The molecule has 0 atom stereocenters. The van der Waals surface area contributed by atoms with E-state index in [0.717, 1.165) is 6.07 Å².